The Labute approximate surface area is 175 Å². The summed E-state index contributed by atoms with van der Waals surface area (Å²) < 4.78 is 21.1. The van der Waals surface area contributed by atoms with Crippen molar-refractivity contribution in [3.63, 3.8) is 0 Å². The Morgan fingerprint density at radius 2 is 2.10 bits per heavy atom. The van der Waals surface area contributed by atoms with Gasteiger partial charge in [0.1, 0.15) is 11.5 Å². The van der Waals surface area contributed by atoms with Crippen LogP contribution in [0.1, 0.15) is 31.4 Å². The van der Waals surface area contributed by atoms with Crippen LogP contribution in [-0.2, 0) is 13.2 Å². The molecule has 4 rings (SSSR count). The average Bonchev–Trinajstić information content (AvgIpc) is 3.49. The average molecular weight is 415 g/mol. The highest BCUT2D eigenvalue weighted by molar-refractivity contribution is 7.71. The molecule has 1 unspecified atom stereocenters. The summed E-state index contributed by atoms with van der Waals surface area (Å²) in [6, 6.07) is 10.0. The number of likely N-dealkylation sites (tertiary alicyclic amines) is 1. The van der Waals surface area contributed by atoms with Gasteiger partial charge in [0.15, 0.2) is 16.4 Å². The number of hydrogen-bond donors (Lipinski definition) is 0. The summed E-state index contributed by atoms with van der Waals surface area (Å²) in [6.45, 7) is 4.41. The molecule has 0 amide bonds. The summed E-state index contributed by atoms with van der Waals surface area (Å²) in [5.74, 6) is 3.13. The van der Waals surface area contributed by atoms with Crippen LogP contribution >= 0.6 is 12.2 Å². The van der Waals surface area contributed by atoms with Gasteiger partial charge in [-0.25, -0.2) is 4.68 Å². The lowest BCUT2D eigenvalue weighted by molar-refractivity contribution is 0.186. The quantitative estimate of drug-likeness (QED) is 0.531. The van der Waals surface area contributed by atoms with Crippen molar-refractivity contribution in [2.75, 3.05) is 20.8 Å². The molecule has 3 heterocycles. The third-order valence-electron chi connectivity index (χ3n) is 5.46. The van der Waals surface area contributed by atoms with Gasteiger partial charge in [-0.05, 0) is 50.2 Å². The molecule has 1 fully saturated rings. The van der Waals surface area contributed by atoms with Crippen LogP contribution in [0.15, 0.2) is 41.0 Å². The molecule has 0 N–H and O–H groups in total. The van der Waals surface area contributed by atoms with Gasteiger partial charge in [-0.15, -0.1) is 5.10 Å². The topological polar surface area (TPSA) is 57.6 Å². The number of furan rings is 1. The molecule has 154 valence electrons. The molecule has 7 nitrogen and oxygen atoms in total. The summed E-state index contributed by atoms with van der Waals surface area (Å²) in [7, 11) is 3.37. The molecule has 1 atom stereocenters. The maximum atomic E-state index is 5.71. The van der Waals surface area contributed by atoms with Crippen LogP contribution in [0.5, 0.6) is 11.5 Å². The highest BCUT2D eigenvalue weighted by Gasteiger charge is 2.29. The monoisotopic (exact) mass is 414 g/mol. The summed E-state index contributed by atoms with van der Waals surface area (Å²) in [5.41, 5.74) is 1.17. The van der Waals surface area contributed by atoms with Gasteiger partial charge >= 0.3 is 0 Å². The standard InChI is InChI=1S/C21H26N4O3S/c1-4-24-20(18-8-6-12-28-18)22-25(21(24)29)14-23-11-5-7-17(23)16-10-9-15(26-2)13-19(16)27-3/h6,8-10,12-13,17H,4-5,7,11,14H2,1-3H3. The minimum Gasteiger partial charge on any atom is -0.497 e. The summed E-state index contributed by atoms with van der Waals surface area (Å²) in [5, 5.41) is 4.77. The first kappa shape index (κ1) is 19.7. The highest BCUT2D eigenvalue weighted by Crippen LogP contribution is 2.39. The van der Waals surface area contributed by atoms with E-state index in [1.165, 1.54) is 5.56 Å². The molecule has 0 spiro atoms. The highest BCUT2D eigenvalue weighted by atomic mass is 32.1. The van der Waals surface area contributed by atoms with Crippen LogP contribution in [0.2, 0.25) is 0 Å². The van der Waals surface area contributed by atoms with E-state index in [9.17, 15) is 0 Å². The Kier molecular flexibility index (Phi) is 5.73. The minimum atomic E-state index is 0.247. The maximum Gasteiger partial charge on any atom is 0.199 e. The number of nitrogens with zero attached hydrogens (tertiary/aromatic N) is 4. The second-order valence-electron chi connectivity index (χ2n) is 7.05. The number of ether oxygens (including phenoxy) is 2. The van der Waals surface area contributed by atoms with Crippen molar-refractivity contribution >= 4 is 12.2 Å². The molecule has 0 aliphatic carbocycles. The van der Waals surface area contributed by atoms with E-state index in [4.69, 9.17) is 31.2 Å². The van der Waals surface area contributed by atoms with Gasteiger partial charge in [-0.3, -0.25) is 9.47 Å². The van der Waals surface area contributed by atoms with E-state index in [2.05, 4.69) is 17.9 Å². The van der Waals surface area contributed by atoms with Crippen molar-refractivity contribution in [1.82, 2.24) is 19.2 Å². The fraction of sp³-hybridized carbons (Fsp3) is 0.429. The van der Waals surface area contributed by atoms with Crippen LogP contribution in [-0.4, -0.2) is 40.0 Å². The predicted octanol–water partition coefficient (Wildman–Crippen LogP) is 4.51. The zero-order chi connectivity index (χ0) is 20.4. The zero-order valence-corrected chi connectivity index (χ0v) is 17.8. The normalized spacial score (nSPS) is 17.0. The molecule has 1 aliphatic heterocycles. The van der Waals surface area contributed by atoms with Crippen LogP contribution < -0.4 is 9.47 Å². The van der Waals surface area contributed by atoms with Gasteiger partial charge in [0.25, 0.3) is 0 Å². The fourth-order valence-electron chi connectivity index (χ4n) is 4.02. The Bertz CT molecular complexity index is 1030. The lowest BCUT2D eigenvalue weighted by atomic mass is 10.0. The summed E-state index contributed by atoms with van der Waals surface area (Å²) in [6.07, 6.45) is 3.84. The van der Waals surface area contributed by atoms with E-state index in [0.29, 0.717) is 11.4 Å². The second kappa shape index (κ2) is 8.42. The van der Waals surface area contributed by atoms with E-state index >= 15 is 0 Å². The number of methoxy groups -OCH3 is 2. The van der Waals surface area contributed by atoms with Crippen molar-refractivity contribution in [3.05, 3.63) is 46.9 Å². The minimum absolute atomic E-state index is 0.247. The van der Waals surface area contributed by atoms with Crippen LogP contribution in [0.3, 0.4) is 0 Å². The number of hydrogen-bond acceptors (Lipinski definition) is 6. The van der Waals surface area contributed by atoms with Gasteiger partial charge in [-0.2, -0.15) is 0 Å². The SMILES string of the molecule is CCn1c(-c2ccco2)nn(CN2CCCC2c2ccc(OC)cc2OC)c1=S. The molecule has 1 saturated heterocycles. The van der Waals surface area contributed by atoms with Crippen molar-refractivity contribution in [1.29, 1.82) is 0 Å². The molecule has 0 radical (unpaired) electrons. The summed E-state index contributed by atoms with van der Waals surface area (Å²) >= 11 is 5.71. The molecule has 1 aromatic carbocycles. The third-order valence-corrected chi connectivity index (χ3v) is 5.89. The molecule has 2 aromatic heterocycles. The Hall–Kier alpha value is -2.58. The smallest absolute Gasteiger partial charge is 0.199 e. The number of benzene rings is 1. The Balaban J connectivity index is 1.64. The largest absolute Gasteiger partial charge is 0.497 e. The predicted molar refractivity (Wildman–Crippen MR) is 113 cm³/mol. The van der Waals surface area contributed by atoms with Crippen molar-refractivity contribution in [3.8, 4) is 23.1 Å². The van der Waals surface area contributed by atoms with E-state index in [0.717, 1.165) is 49.0 Å². The molecule has 8 heteroatoms. The molecule has 0 bridgehead atoms. The number of rotatable bonds is 7. The van der Waals surface area contributed by atoms with Crippen LogP contribution in [0.25, 0.3) is 11.6 Å². The lowest BCUT2D eigenvalue weighted by Crippen LogP contribution is -2.27. The molecule has 0 saturated carbocycles. The van der Waals surface area contributed by atoms with E-state index in [1.807, 2.05) is 33.5 Å². The van der Waals surface area contributed by atoms with Crippen LogP contribution in [0, 0.1) is 4.77 Å². The number of aromatic nitrogens is 3. The van der Waals surface area contributed by atoms with E-state index in [-0.39, 0.29) is 6.04 Å². The van der Waals surface area contributed by atoms with Gasteiger partial charge in [0.05, 0.1) is 27.2 Å². The third kappa shape index (κ3) is 3.70. The van der Waals surface area contributed by atoms with E-state index in [1.54, 1.807) is 20.5 Å². The zero-order valence-electron chi connectivity index (χ0n) is 17.0. The van der Waals surface area contributed by atoms with Gasteiger partial charge in [0.2, 0.25) is 0 Å². The molecule has 29 heavy (non-hydrogen) atoms. The first-order valence-corrected chi connectivity index (χ1v) is 10.2. The Morgan fingerprint density at radius 1 is 1.24 bits per heavy atom. The lowest BCUT2D eigenvalue weighted by Gasteiger charge is -2.26. The van der Waals surface area contributed by atoms with E-state index < -0.39 is 0 Å². The fourth-order valence-corrected chi connectivity index (χ4v) is 4.33. The van der Waals surface area contributed by atoms with Crippen LogP contribution in [0.4, 0.5) is 0 Å². The molecule has 3 aromatic rings. The van der Waals surface area contributed by atoms with Gasteiger partial charge in [-0.1, -0.05) is 6.07 Å². The van der Waals surface area contributed by atoms with Crippen molar-refractivity contribution in [2.45, 2.75) is 39.0 Å². The first-order valence-electron chi connectivity index (χ1n) is 9.83. The van der Waals surface area contributed by atoms with Crippen molar-refractivity contribution < 1.29 is 13.9 Å². The van der Waals surface area contributed by atoms with Crippen molar-refractivity contribution in [2.24, 2.45) is 0 Å². The Morgan fingerprint density at radius 3 is 2.79 bits per heavy atom. The van der Waals surface area contributed by atoms with Gasteiger partial charge in [0, 0.05) is 30.8 Å². The molecular formula is C21H26N4O3S. The molecule has 1 aliphatic rings. The second-order valence-corrected chi connectivity index (χ2v) is 7.41. The maximum absolute atomic E-state index is 5.71. The first-order chi connectivity index (χ1) is 14.2. The summed E-state index contributed by atoms with van der Waals surface area (Å²) in [4.78, 5) is 2.40. The molecular weight excluding hydrogens is 388 g/mol. The van der Waals surface area contributed by atoms with Gasteiger partial charge < -0.3 is 13.9 Å².